The van der Waals surface area contributed by atoms with E-state index in [0.29, 0.717) is 40.7 Å². The Morgan fingerprint density at radius 1 is 0.972 bits per heavy atom. The van der Waals surface area contributed by atoms with Gasteiger partial charge in [0.05, 0.1) is 46.2 Å². The molecule has 3 rings (SSSR count). The summed E-state index contributed by atoms with van der Waals surface area (Å²) in [7, 11) is 5.95. The molecule has 9 heteroatoms. The third-order valence-corrected chi connectivity index (χ3v) is 5.95. The van der Waals surface area contributed by atoms with Crippen molar-refractivity contribution in [1.29, 1.82) is 0 Å². The standard InChI is InChI=1S/C27H33NO8/c1-6-7-12-36-19-10-8-9-17(14-19)24(29)22-23(28(11-13-32-2)27(31)25(22)30)18-15-20(33-3)26(35-5)21(16-18)34-4/h8-10,14-16,23,29H,6-7,11-13H2,1-5H3. The molecule has 1 saturated heterocycles. The van der Waals surface area contributed by atoms with Gasteiger partial charge in [0, 0.05) is 19.2 Å². The van der Waals surface area contributed by atoms with Crippen molar-refractivity contribution in [2.75, 3.05) is 48.2 Å². The number of ketones is 1. The Kier molecular flexibility index (Phi) is 9.19. The molecule has 1 amide bonds. The van der Waals surface area contributed by atoms with E-state index in [9.17, 15) is 14.7 Å². The minimum Gasteiger partial charge on any atom is -0.507 e. The van der Waals surface area contributed by atoms with Gasteiger partial charge in [-0.05, 0) is 36.2 Å². The second-order valence-electron chi connectivity index (χ2n) is 8.17. The van der Waals surface area contributed by atoms with E-state index >= 15 is 0 Å². The number of hydrogen-bond donors (Lipinski definition) is 1. The molecule has 0 radical (unpaired) electrons. The third kappa shape index (κ3) is 5.41. The number of hydrogen-bond acceptors (Lipinski definition) is 8. The number of Topliss-reactive ketones (excluding diaryl/α,β-unsaturated/α-hetero) is 1. The molecule has 1 N–H and O–H groups in total. The van der Waals surface area contributed by atoms with Gasteiger partial charge in [-0.25, -0.2) is 0 Å². The summed E-state index contributed by atoms with van der Waals surface area (Å²) < 4.78 is 27.3. The predicted octanol–water partition coefficient (Wildman–Crippen LogP) is 3.96. The second-order valence-corrected chi connectivity index (χ2v) is 8.17. The number of ether oxygens (including phenoxy) is 5. The zero-order chi connectivity index (χ0) is 26.2. The molecule has 9 nitrogen and oxygen atoms in total. The average molecular weight is 500 g/mol. The Balaban J connectivity index is 2.18. The highest BCUT2D eigenvalue weighted by molar-refractivity contribution is 6.46. The van der Waals surface area contributed by atoms with E-state index in [0.717, 1.165) is 12.8 Å². The first-order chi connectivity index (χ1) is 17.4. The maximum Gasteiger partial charge on any atom is 0.295 e. The van der Waals surface area contributed by atoms with E-state index in [4.69, 9.17) is 23.7 Å². The summed E-state index contributed by atoms with van der Waals surface area (Å²) in [4.78, 5) is 27.7. The maximum atomic E-state index is 13.2. The molecule has 1 heterocycles. The highest BCUT2D eigenvalue weighted by atomic mass is 16.5. The predicted molar refractivity (Wildman–Crippen MR) is 134 cm³/mol. The zero-order valence-electron chi connectivity index (χ0n) is 21.3. The second kappa shape index (κ2) is 12.3. The number of likely N-dealkylation sites (tertiary alicyclic amines) is 1. The molecular formula is C27H33NO8. The maximum absolute atomic E-state index is 13.2. The van der Waals surface area contributed by atoms with Gasteiger partial charge in [-0.3, -0.25) is 9.59 Å². The van der Waals surface area contributed by atoms with Crippen molar-refractivity contribution >= 4 is 17.4 Å². The first-order valence-corrected chi connectivity index (χ1v) is 11.7. The number of carbonyl (C=O) groups is 2. The first-order valence-electron chi connectivity index (χ1n) is 11.7. The number of rotatable bonds is 12. The Hall–Kier alpha value is -3.72. The summed E-state index contributed by atoms with van der Waals surface area (Å²) in [6.45, 7) is 2.94. The lowest BCUT2D eigenvalue weighted by molar-refractivity contribution is -0.140. The molecule has 2 aromatic carbocycles. The van der Waals surface area contributed by atoms with Crippen LogP contribution in [0.15, 0.2) is 42.0 Å². The summed E-state index contributed by atoms with van der Waals surface area (Å²) in [5.74, 6) is -0.179. The highest BCUT2D eigenvalue weighted by Crippen LogP contribution is 2.45. The lowest BCUT2D eigenvalue weighted by Crippen LogP contribution is -2.32. The molecule has 1 aliphatic rings. The first kappa shape index (κ1) is 26.9. The van der Waals surface area contributed by atoms with Gasteiger partial charge in [0.1, 0.15) is 11.5 Å². The SMILES string of the molecule is CCCCOc1cccc(C(O)=C2C(=O)C(=O)N(CCOC)C2c2cc(OC)c(OC)c(OC)c2)c1. The molecule has 1 atom stereocenters. The van der Waals surface area contributed by atoms with Gasteiger partial charge >= 0.3 is 0 Å². The largest absolute Gasteiger partial charge is 0.507 e. The zero-order valence-corrected chi connectivity index (χ0v) is 21.3. The van der Waals surface area contributed by atoms with Crippen LogP contribution in [-0.4, -0.2) is 69.9 Å². The van der Waals surface area contributed by atoms with Crippen molar-refractivity contribution in [3.63, 3.8) is 0 Å². The van der Waals surface area contributed by atoms with Crippen LogP contribution in [0, 0.1) is 0 Å². The van der Waals surface area contributed by atoms with Crippen LogP contribution in [0.1, 0.15) is 36.9 Å². The number of aliphatic hydroxyl groups excluding tert-OH is 1. The minimum atomic E-state index is -0.904. The highest BCUT2D eigenvalue weighted by Gasteiger charge is 2.46. The van der Waals surface area contributed by atoms with Crippen molar-refractivity contribution < 1.29 is 38.4 Å². The third-order valence-electron chi connectivity index (χ3n) is 5.95. The van der Waals surface area contributed by atoms with Gasteiger partial charge in [0.15, 0.2) is 11.5 Å². The van der Waals surface area contributed by atoms with Crippen molar-refractivity contribution in [3.8, 4) is 23.0 Å². The summed E-state index contributed by atoms with van der Waals surface area (Å²) in [6, 6.07) is 9.24. The molecular weight excluding hydrogens is 466 g/mol. The lowest BCUT2D eigenvalue weighted by atomic mass is 9.94. The molecule has 0 bridgehead atoms. The number of carbonyl (C=O) groups excluding carboxylic acids is 2. The summed E-state index contributed by atoms with van der Waals surface area (Å²) in [6.07, 6.45) is 1.88. The number of benzene rings is 2. The fourth-order valence-corrected chi connectivity index (χ4v) is 4.13. The Morgan fingerprint density at radius 3 is 2.25 bits per heavy atom. The van der Waals surface area contributed by atoms with Crippen LogP contribution in [0.2, 0.25) is 0 Å². The normalized spacial score (nSPS) is 16.8. The van der Waals surface area contributed by atoms with E-state index in [-0.39, 0.29) is 24.5 Å². The Morgan fingerprint density at radius 2 is 1.67 bits per heavy atom. The number of amides is 1. The molecule has 1 fully saturated rings. The molecule has 1 aliphatic heterocycles. The van der Waals surface area contributed by atoms with Gasteiger partial charge in [-0.1, -0.05) is 25.5 Å². The van der Waals surface area contributed by atoms with Crippen molar-refractivity contribution in [1.82, 2.24) is 4.90 Å². The van der Waals surface area contributed by atoms with Gasteiger partial charge in [-0.2, -0.15) is 0 Å². The Bertz CT molecular complexity index is 1100. The van der Waals surface area contributed by atoms with Crippen LogP contribution in [0.25, 0.3) is 5.76 Å². The van der Waals surface area contributed by atoms with Crippen LogP contribution in [0.4, 0.5) is 0 Å². The van der Waals surface area contributed by atoms with Crippen molar-refractivity contribution in [2.24, 2.45) is 0 Å². The molecule has 0 spiro atoms. The molecule has 0 saturated carbocycles. The molecule has 0 aliphatic carbocycles. The van der Waals surface area contributed by atoms with Crippen LogP contribution < -0.4 is 18.9 Å². The van der Waals surface area contributed by atoms with E-state index in [1.54, 1.807) is 36.4 Å². The van der Waals surface area contributed by atoms with Gasteiger partial charge < -0.3 is 33.7 Å². The van der Waals surface area contributed by atoms with Crippen LogP contribution in [0.3, 0.4) is 0 Å². The monoisotopic (exact) mass is 499 g/mol. The van der Waals surface area contributed by atoms with Crippen LogP contribution in [-0.2, 0) is 14.3 Å². The average Bonchev–Trinajstić information content (AvgIpc) is 3.15. The number of methoxy groups -OCH3 is 4. The number of nitrogens with zero attached hydrogens (tertiary/aromatic N) is 1. The number of aliphatic hydroxyl groups is 1. The Labute approximate surface area is 211 Å². The van der Waals surface area contributed by atoms with Crippen LogP contribution in [0.5, 0.6) is 23.0 Å². The van der Waals surface area contributed by atoms with Gasteiger partial charge in [0.2, 0.25) is 5.75 Å². The summed E-state index contributed by atoms with van der Waals surface area (Å²) in [5, 5.41) is 11.3. The molecule has 2 aromatic rings. The van der Waals surface area contributed by atoms with E-state index in [1.165, 1.54) is 33.3 Å². The van der Waals surface area contributed by atoms with Crippen molar-refractivity contribution in [2.45, 2.75) is 25.8 Å². The van der Waals surface area contributed by atoms with E-state index < -0.39 is 17.7 Å². The van der Waals surface area contributed by atoms with Crippen molar-refractivity contribution in [3.05, 3.63) is 53.1 Å². The summed E-state index contributed by atoms with van der Waals surface area (Å²) in [5.41, 5.74) is 0.832. The number of unbranched alkanes of at least 4 members (excludes halogenated alkanes) is 1. The van der Waals surface area contributed by atoms with Crippen LogP contribution >= 0.6 is 0 Å². The van der Waals surface area contributed by atoms with E-state index in [1.807, 2.05) is 0 Å². The molecule has 1 unspecified atom stereocenters. The molecule has 194 valence electrons. The van der Waals surface area contributed by atoms with Gasteiger partial charge in [0.25, 0.3) is 11.7 Å². The van der Waals surface area contributed by atoms with E-state index in [2.05, 4.69) is 6.92 Å². The fraction of sp³-hybridized carbons (Fsp3) is 0.407. The quantitative estimate of drug-likeness (QED) is 0.203. The smallest absolute Gasteiger partial charge is 0.295 e. The molecule has 0 aromatic heterocycles. The summed E-state index contributed by atoms with van der Waals surface area (Å²) >= 11 is 0. The fourth-order valence-electron chi connectivity index (χ4n) is 4.13. The van der Waals surface area contributed by atoms with Gasteiger partial charge in [-0.15, -0.1) is 0 Å². The lowest BCUT2D eigenvalue weighted by Gasteiger charge is -2.26. The molecule has 36 heavy (non-hydrogen) atoms. The topological polar surface area (TPSA) is 104 Å². The minimum absolute atomic E-state index is 0.0453.